The van der Waals surface area contributed by atoms with Crippen molar-refractivity contribution in [3.8, 4) is 0 Å². The summed E-state index contributed by atoms with van der Waals surface area (Å²) in [7, 11) is 0. The maximum Gasteiger partial charge on any atom is 0.0721 e. The molecule has 0 aliphatic heterocycles. The molecular weight excluding hydrogens is 266 g/mol. The van der Waals surface area contributed by atoms with Crippen LogP contribution in [0.1, 0.15) is 26.3 Å². The van der Waals surface area contributed by atoms with E-state index >= 15 is 0 Å². The van der Waals surface area contributed by atoms with Gasteiger partial charge in [-0.05, 0) is 24.6 Å². The van der Waals surface area contributed by atoms with Crippen LogP contribution in [0.15, 0.2) is 28.7 Å². The van der Waals surface area contributed by atoms with Gasteiger partial charge >= 0.3 is 0 Å². The molecule has 0 fully saturated rings. The van der Waals surface area contributed by atoms with Crippen LogP contribution in [0, 0.1) is 0 Å². The fourth-order valence-corrected chi connectivity index (χ4v) is 1.54. The van der Waals surface area contributed by atoms with Gasteiger partial charge in [-0.15, -0.1) is 0 Å². The Morgan fingerprint density at radius 1 is 1.19 bits per heavy atom. The molecule has 1 rings (SSSR count). The van der Waals surface area contributed by atoms with Crippen molar-refractivity contribution in [3.63, 3.8) is 0 Å². The van der Waals surface area contributed by atoms with Crippen molar-refractivity contribution in [2.24, 2.45) is 0 Å². The standard InChI is InChI=1S/C13H20BrNO/c1-10(2)15-8-11(3)16-9-12-4-6-13(14)7-5-12/h4-7,10-11,15H,8-9H2,1-3H3. The quantitative estimate of drug-likeness (QED) is 0.866. The summed E-state index contributed by atoms with van der Waals surface area (Å²) in [5.41, 5.74) is 1.21. The van der Waals surface area contributed by atoms with Crippen molar-refractivity contribution < 1.29 is 4.74 Å². The molecule has 3 heteroatoms. The molecule has 90 valence electrons. The van der Waals surface area contributed by atoms with Crippen LogP contribution in [0.5, 0.6) is 0 Å². The van der Waals surface area contributed by atoms with Crippen LogP contribution < -0.4 is 5.32 Å². The Balaban J connectivity index is 2.26. The van der Waals surface area contributed by atoms with E-state index in [-0.39, 0.29) is 6.10 Å². The first-order valence-electron chi connectivity index (χ1n) is 5.67. The summed E-state index contributed by atoms with van der Waals surface area (Å²) >= 11 is 3.42. The number of benzene rings is 1. The number of hydrogen-bond acceptors (Lipinski definition) is 2. The van der Waals surface area contributed by atoms with Gasteiger partial charge in [0.2, 0.25) is 0 Å². The summed E-state index contributed by atoms with van der Waals surface area (Å²) in [4.78, 5) is 0. The summed E-state index contributed by atoms with van der Waals surface area (Å²) < 4.78 is 6.84. The van der Waals surface area contributed by atoms with Crippen LogP contribution in [-0.4, -0.2) is 18.7 Å². The summed E-state index contributed by atoms with van der Waals surface area (Å²) in [5, 5.41) is 3.36. The number of hydrogen-bond donors (Lipinski definition) is 1. The van der Waals surface area contributed by atoms with Gasteiger partial charge in [0.15, 0.2) is 0 Å². The van der Waals surface area contributed by atoms with Crippen LogP contribution >= 0.6 is 15.9 Å². The molecule has 1 N–H and O–H groups in total. The lowest BCUT2D eigenvalue weighted by molar-refractivity contribution is 0.0520. The first kappa shape index (κ1) is 13.7. The molecule has 0 saturated heterocycles. The second-order valence-electron chi connectivity index (χ2n) is 4.31. The molecule has 1 aromatic rings. The molecule has 0 heterocycles. The van der Waals surface area contributed by atoms with E-state index in [1.165, 1.54) is 5.56 Å². The first-order chi connectivity index (χ1) is 7.58. The van der Waals surface area contributed by atoms with Gasteiger partial charge in [-0.3, -0.25) is 0 Å². The first-order valence-corrected chi connectivity index (χ1v) is 6.46. The van der Waals surface area contributed by atoms with Crippen LogP contribution in [0.4, 0.5) is 0 Å². The zero-order valence-electron chi connectivity index (χ0n) is 10.2. The van der Waals surface area contributed by atoms with Gasteiger partial charge in [0.1, 0.15) is 0 Å². The Bertz CT molecular complexity index is 297. The third-order valence-electron chi connectivity index (χ3n) is 2.26. The van der Waals surface area contributed by atoms with E-state index in [0.29, 0.717) is 12.6 Å². The highest BCUT2D eigenvalue weighted by atomic mass is 79.9. The van der Waals surface area contributed by atoms with Gasteiger partial charge in [0, 0.05) is 17.1 Å². The molecule has 0 radical (unpaired) electrons. The van der Waals surface area contributed by atoms with Crippen LogP contribution in [-0.2, 0) is 11.3 Å². The Labute approximate surface area is 107 Å². The molecular formula is C13H20BrNO. The van der Waals surface area contributed by atoms with Gasteiger partial charge in [0.25, 0.3) is 0 Å². The van der Waals surface area contributed by atoms with E-state index in [9.17, 15) is 0 Å². The monoisotopic (exact) mass is 285 g/mol. The second kappa shape index (κ2) is 7.05. The smallest absolute Gasteiger partial charge is 0.0721 e. The number of rotatable bonds is 6. The zero-order valence-corrected chi connectivity index (χ0v) is 11.8. The predicted molar refractivity (Wildman–Crippen MR) is 71.5 cm³/mol. The molecule has 16 heavy (non-hydrogen) atoms. The Kier molecular flexibility index (Phi) is 6.03. The van der Waals surface area contributed by atoms with Crippen molar-refractivity contribution in [2.45, 2.75) is 39.5 Å². The maximum absolute atomic E-state index is 5.74. The number of ether oxygens (including phenoxy) is 1. The number of halogens is 1. The predicted octanol–water partition coefficient (Wildman–Crippen LogP) is 3.35. The molecule has 1 aromatic carbocycles. The minimum atomic E-state index is 0.242. The second-order valence-corrected chi connectivity index (χ2v) is 5.23. The highest BCUT2D eigenvalue weighted by Crippen LogP contribution is 2.11. The molecule has 1 atom stereocenters. The van der Waals surface area contributed by atoms with E-state index < -0.39 is 0 Å². The minimum absolute atomic E-state index is 0.242. The summed E-state index contributed by atoms with van der Waals surface area (Å²) in [5.74, 6) is 0. The molecule has 0 spiro atoms. The third-order valence-corrected chi connectivity index (χ3v) is 2.79. The molecule has 0 amide bonds. The van der Waals surface area contributed by atoms with Crippen LogP contribution in [0.3, 0.4) is 0 Å². The maximum atomic E-state index is 5.74. The van der Waals surface area contributed by atoms with E-state index in [2.05, 4.69) is 54.2 Å². The van der Waals surface area contributed by atoms with Crippen LogP contribution in [0.25, 0.3) is 0 Å². The highest BCUT2D eigenvalue weighted by molar-refractivity contribution is 9.10. The fourth-order valence-electron chi connectivity index (χ4n) is 1.28. The molecule has 2 nitrogen and oxygen atoms in total. The molecule has 0 aliphatic carbocycles. The van der Waals surface area contributed by atoms with Crippen molar-refractivity contribution in [1.29, 1.82) is 0 Å². The van der Waals surface area contributed by atoms with E-state index in [4.69, 9.17) is 4.74 Å². The van der Waals surface area contributed by atoms with Crippen LogP contribution in [0.2, 0.25) is 0 Å². The van der Waals surface area contributed by atoms with E-state index in [1.807, 2.05) is 12.1 Å². The average Bonchev–Trinajstić information content (AvgIpc) is 2.25. The van der Waals surface area contributed by atoms with Crippen molar-refractivity contribution in [1.82, 2.24) is 5.32 Å². The van der Waals surface area contributed by atoms with Crippen molar-refractivity contribution in [2.75, 3.05) is 6.54 Å². The Morgan fingerprint density at radius 2 is 1.81 bits per heavy atom. The van der Waals surface area contributed by atoms with Gasteiger partial charge < -0.3 is 10.1 Å². The molecule has 0 aliphatic rings. The fraction of sp³-hybridized carbons (Fsp3) is 0.538. The molecule has 1 unspecified atom stereocenters. The normalized spacial score (nSPS) is 13.1. The van der Waals surface area contributed by atoms with Gasteiger partial charge in [0.05, 0.1) is 12.7 Å². The summed E-state index contributed by atoms with van der Waals surface area (Å²) in [6.45, 7) is 7.94. The zero-order chi connectivity index (χ0) is 12.0. The molecule has 0 saturated carbocycles. The van der Waals surface area contributed by atoms with E-state index in [0.717, 1.165) is 11.0 Å². The minimum Gasteiger partial charge on any atom is -0.373 e. The lowest BCUT2D eigenvalue weighted by atomic mass is 10.2. The van der Waals surface area contributed by atoms with Gasteiger partial charge in [-0.2, -0.15) is 0 Å². The van der Waals surface area contributed by atoms with Gasteiger partial charge in [-0.25, -0.2) is 0 Å². The SMILES string of the molecule is CC(C)NCC(C)OCc1ccc(Br)cc1. The Hall–Kier alpha value is -0.380. The highest BCUT2D eigenvalue weighted by Gasteiger charge is 2.03. The molecule has 0 aromatic heterocycles. The van der Waals surface area contributed by atoms with E-state index in [1.54, 1.807) is 0 Å². The summed E-state index contributed by atoms with van der Waals surface area (Å²) in [6, 6.07) is 8.74. The third kappa shape index (κ3) is 5.64. The average molecular weight is 286 g/mol. The lowest BCUT2D eigenvalue weighted by Crippen LogP contribution is -2.31. The van der Waals surface area contributed by atoms with Gasteiger partial charge in [-0.1, -0.05) is 41.9 Å². The van der Waals surface area contributed by atoms with Crippen molar-refractivity contribution >= 4 is 15.9 Å². The molecule has 0 bridgehead atoms. The largest absolute Gasteiger partial charge is 0.373 e. The summed E-state index contributed by atoms with van der Waals surface area (Å²) in [6.07, 6.45) is 0.242. The topological polar surface area (TPSA) is 21.3 Å². The Morgan fingerprint density at radius 3 is 2.38 bits per heavy atom. The van der Waals surface area contributed by atoms with Crippen molar-refractivity contribution in [3.05, 3.63) is 34.3 Å². The number of nitrogens with one attached hydrogen (secondary N) is 1. The lowest BCUT2D eigenvalue weighted by Gasteiger charge is -2.15.